The number of aromatic nitrogens is 1. The molecule has 0 aliphatic heterocycles. The van der Waals surface area contributed by atoms with Crippen LogP contribution in [0.15, 0.2) is 46.3 Å². The third-order valence-corrected chi connectivity index (χ3v) is 8.76. The summed E-state index contributed by atoms with van der Waals surface area (Å²) in [6.45, 7) is 9.43. The molecule has 0 saturated carbocycles. The summed E-state index contributed by atoms with van der Waals surface area (Å²) in [5.41, 5.74) is 3.51. The monoisotopic (exact) mass is 511 g/mol. The minimum atomic E-state index is -3.62. The number of benzene rings is 2. The Hall–Kier alpha value is -2.73. The number of sulfonamides is 1. The first-order valence-electron chi connectivity index (χ1n) is 12.0. The average Bonchev–Trinajstić information content (AvgIpc) is 3.16. The number of carbonyl (C=O) groups excluding carboxylic acids is 1. The van der Waals surface area contributed by atoms with Crippen LogP contribution in [0.3, 0.4) is 0 Å². The minimum absolute atomic E-state index is 0.191. The van der Waals surface area contributed by atoms with Crippen molar-refractivity contribution in [2.45, 2.75) is 64.8 Å². The molecule has 0 aliphatic rings. The molecule has 3 rings (SSSR count). The molecule has 0 spiro atoms. The maximum absolute atomic E-state index is 13.2. The smallest absolute Gasteiger partial charge is 0.279 e. The summed E-state index contributed by atoms with van der Waals surface area (Å²) in [6.07, 6.45) is 9.05. The van der Waals surface area contributed by atoms with Crippen molar-refractivity contribution in [3.63, 3.8) is 0 Å². The minimum Gasteiger partial charge on any atom is -0.304 e. The van der Waals surface area contributed by atoms with E-state index in [9.17, 15) is 13.2 Å². The summed E-state index contributed by atoms with van der Waals surface area (Å²) < 4.78 is 30.8. The van der Waals surface area contributed by atoms with Crippen LogP contribution < -0.4 is 4.80 Å². The molecule has 0 N–H and O–H groups in total. The highest BCUT2D eigenvalue weighted by Crippen LogP contribution is 2.23. The van der Waals surface area contributed by atoms with Crippen LogP contribution in [0, 0.1) is 26.2 Å². The Morgan fingerprint density at radius 3 is 2.29 bits per heavy atom. The highest BCUT2D eigenvalue weighted by atomic mass is 32.2. The first-order valence-corrected chi connectivity index (χ1v) is 14.2. The molecule has 2 aromatic carbocycles. The van der Waals surface area contributed by atoms with Gasteiger partial charge in [0.25, 0.3) is 5.91 Å². The number of rotatable bonds is 10. The second kappa shape index (κ2) is 11.8. The molecule has 8 heteroatoms. The topological polar surface area (TPSA) is 71.7 Å². The van der Waals surface area contributed by atoms with Crippen LogP contribution in [0.4, 0.5) is 0 Å². The molecule has 3 aromatic rings. The number of hydrogen-bond acceptors (Lipinski definition) is 4. The zero-order valence-corrected chi connectivity index (χ0v) is 22.5. The van der Waals surface area contributed by atoms with Crippen LogP contribution in [0.2, 0.25) is 0 Å². The predicted octanol–water partition coefficient (Wildman–Crippen LogP) is 5.28. The van der Waals surface area contributed by atoms with Crippen molar-refractivity contribution in [3.05, 3.63) is 57.9 Å². The van der Waals surface area contributed by atoms with Crippen LogP contribution in [0.5, 0.6) is 0 Å². The molecule has 1 heterocycles. The first kappa shape index (κ1) is 26.9. The Morgan fingerprint density at radius 2 is 1.71 bits per heavy atom. The second-order valence-electron chi connectivity index (χ2n) is 8.66. The van der Waals surface area contributed by atoms with Gasteiger partial charge in [-0.15, -0.1) is 6.42 Å². The predicted molar refractivity (Wildman–Crippen MR) is 143 cm³/mol. The van der Waals surface area contributed by atoms with Gasteiger partial charge in [0.1, 0.15) is 0 Å². The van der Waals surface area contributed by atoms with Gasteiger partial charge >= 0.3 is 0 Å². The number of carbonyl (C=O) groups is 1. The maximum Gasteiger partial charge on any atom is 0.279 e. The maximum atomic E-state index is 13.2. The summed E-state index contributed by atoms with van der Waals surface area (Å²) >= 11 is 1.42. The lowest BCUT2D eigenvalue weighted by molar-refractivity contribution is 0.0997. The summed E-state index contributed by atoms with van der Waals surface area (Å²) in [5.74, 6) is 2.21. The standard InChI is InChI=1S/C27H33N3O3S2/c1-6-9-16-29(17-10-7-2)35(32,33)23-13-11-22(12-14-23)26(31)28-27-30(15-8-3)25-21(5)18-20(4)19-24(25)34-27/h3,11-14,18-19H,6-7,9-10,15-17H2,1-2,4-5H3. The van der Waals surface area contributed by atoms with Crippen LogP contribution in [0.1, 0.15) is 61.0 Å². The van der Waals surface area contributed by atoms with Crippen molar-refractivity contribution in [1.82, 2.24) is 8.87 Å². The quantitative estimate of drug-likeness (QED) is 0.348. The number of unbranched alkanes of at least 4 members (excludes halogenated alkanes) is 2. The number of nitrogens with zero attached hydrogens (tertiary/aromatic N) is 3. The third-order valence-electron chi connectivity index (χ3n) is 5.82. The van der Waals surface area contributed by atoms with Gasteiger partial charge in [0.2, 0.25) is 10.0 Å². The molecule has 0 fully saturated rings. The molecule has 0 unspecified atom stereocenters. The van der Waals surface area contributed by atoms with Crippen molar-refractivity contribution in [3.8, 4) is 12.3 Å². The fourth-order valence-corrected chi connectivity index (χ4v) is 6.73. The van der Waals surface area contributed by atoms with E-state index in [2.05, 4.69) is 23.0 Å². The van der Waals surface area contributed by atoms with Gasteiger partial charge in [0, 0.05) is 18.7 Å². The third kappa shape index (κ3) is 6.10. The van der Waals surface area contributed by atoms with E-state index in [0.717, 1.165) is 47.0 Å². The Morgan fingerprint density at radius 1 is 1.09 bits per heavy atom. The fraction of sp³-hybridized carbons (Fsp3) is 0.407. The normalized spacial score (nSPS) is 12.4. The van der Waals surface area contributed by atoms with E-state index < -0.39 is 15.9 Å². The Balaban J connectivity index is 1.95. The van der Waals surface area contributed by atoms with E-state index in [4.69, 9.17) is 6.42 Å². The number of hydrogen-bond donors (Lipinski definition) is 0. The molecule has 186 valence electrons. The molecule has 6 nitrogen and oxygen atoms in total. The van der Waals surface area contributed by atoms with E-state index >= 15 is 0 Å². The Labute approximate surface area is 212 Å². The van der Waals surface area contributed by atoms with Crippen LogP contribution >= 0.6 is 11.3 Å². The first-order chi connectivity index (χ1) is 16.7. The van der Waals surface area contributed by atoms with E-state index in [1.807, 2.05) is 32.3 Å². The molecule has 0 atom stereocenters. The fourth-order valence-electron chi connectivity index (χ4n) is 4.01. The number of thiazole rings is 1. The summed E-state index contributed by atoms with van der Waals surface area (Å²) in [6, 6.07) is 10.2. The van der Waals surface area contributed by atoms with Gasteiger partial charge in [-0.1, -0.05) is 50.0 Å². The Kier molecular flexibility index (Phi) is 9.06. The van der Waals surface area contributed by atoms with Crippen molar-refractivity contribution < 1.29 is 13.2 Å². The van der Waals surface area contributed by atoms with Crippen LogP contribution in [0.25, 0.3) is 10.2 Å². The lowest BCUT2D eigenvalue weighted by atomic mass is 10.1. The molecule has 35 heavy (non-hydrogen) atoms. The van der Waals surface area contributed by atoms with Gasteiger partial charge in [0.15, 0.2) is 4.80 Å². The lowest BCUT2D eigenvalue weighted by Gasteiger charge is -2.22. The zero-order valence-electron chi connectivity index (χ0n) is 20.9. The van der Waals surface area contributed by atoms with E-state index in [1.54, 1.807) is 4.31 Å². The van der Waals surface area contributed by atoms with Crippen molar-refractivity contribution in [1.29, 1.82) is 0 Å². The molecule has 0 bridgehead atoms. The zero-order chi connectivity index (χ0) is 25.6. The van der Waals surface area contributed by atoms with Gasteiger partial charge in [-0.25, -0.2) is 8.42 Å². The number of terminal acetylenes is 1. The molecule has 1 amide bonds. The molecular weight excluding hydrogens is 478 g/mol. The molecule has 0 radical (unpaired) electrons. The van der Waals surface area contributed by atoms with Gasteiger partial charge in [-0.2, -0.15) is 9.30 Å². The van der Waals surface area contributed by atoms with Crippen molar-refractivity contribution >= 4 is 37.5 Å². The Bertz CT molecular complexity index is 1400. The van der Waals surface area contributed by atoms with Gasteiger partial charge in [0.05, 0.1) is 21.7 Å². The molecule has 1 aromatic heterocycles. The highest BCUT2D eigenvalue weighted by molar-refractivity contribution is 7.89. The molecular formula is C27H33N3O3S2. The summed E-state index contributed by atoms with van der Waals surface area (Å²) in [4.78, 5) is 18.1. The molecule has 0 aliphatic carbocycles. The average molecular weight is 512 g/mol. The summed E-state index contributed by atoms with van der Waals surface area (Å²) in [5, 5.41) is 0. The summed E-state index contributed by atoms with van der Waals surface area (Å²) in [7, 11) is -3.62. The van der Waals surface area contributed by atoms with E-state index in [-0.39, 0.29) is 4.90 Å². The van der Waals surface area contributed by atoms with Crippen LogP contribution in [-0.4, -0.2) is 36.3 Å². The van der Waals surface area contributed by atoms with Crippen LogP contribution in [-0.2, 0) is 16.6 Å². The van der Waals surface area contributed by atoms with Crippen molar-refractivity contribution in [2.75, 3.05) is 13.1 Å². The lowest BCUT2D eigenvalue weighted by Crippen LogP contribution is -2.33. The van der Waals surface area contributed by atoms with Crippen molar-refractivity contribution in [2.24, 2.45) is 4.99 Å². The van der Waals surface area contributed by atoms with Gasteiger partial charge < -0.3 is 4.57 Å². The van der Waals surface area contributed by atoms with E-state index in [1.165, 1.54) is 35.6 Å². The van der Waals surface area contributed by atoms with Gasteiger partial charge in [-0.05, 0) is 68.1 Å². The van der Waals surface area contributed by atoms with Gasteiger partial charge in [-0.3, -0.25) is 4.79 Å². The van der Waals surface area contributed by atoms with E-state index in [0.29, 0.717) is 30.0 Å². The number of amides is 1. The number of fused-ring (bicyclic) bond motifs is 1. The molecule has 0 saturated heterocycles. The largest absolute Gasteiger partial charge is 0.304 e. The SMILES string of the molecule is C#CCn1c(=NC(=O)c2ccc(S(=O)(=O)N(CCCC)CCCC)cc2)sc2cc(C)cc(C)c21. The second-order valence-corrected chi connectivity index (χ2v) is 11.6. The number of aryl methyl sites for hydroxylation is 2. The highest BCUT2D eigenvalue weighted by Gasteiger charge is 2.23.